The Balaban J connectivity index is 1.21. The number of aromatic nitrogens is 1. The molecule has 3 heterocycles. The van der Waals surface area contributed by atoms with E-state index in [9.17, 15) is 9.59 Å². The maximum absolute atomic E-state index is 13.0. The molecule has 5 rings (SSSR count). The Hall–Kier alpha value is -3.19. The van der Waals surface area contributed by atoms with E-state index < -0.39 is 0 Å². The van der Waals surface area contributed by atoms with E-state index in [0.29, 0.717) is 26.1 Å². The monoisotopic (exact) mass is 461 g/mol. The summed E-state index contributed by atoms with van der Waals surface area (Å²) in [4.78, 5) is 35.1. The molecule has 2 fully saturated rings. The summed E-state index contributed by atoms with van der Waals surface area (Å²) in [6.07, 6.45) is 1.59. The molecule has 0 spiro atoms. The van der Waals surface area contributed by atoms with Gasteiger partial charge in [0, 0.05) is 29.6 Å². The molecule has 3 aromatic rings. The van der Waals surface area contributed by atoms with Crippen LogP contribution in [0.2, 0.25) is 0 Å². The van der Waals surface area contributed by atoms with E-state index in [0.717, 1.165) is 39.5 Å². The number of benzene rings is 2. The molecule has 0 radical (unpaired) electrons. The van der Waals surface area contributed by atoms with Gasteiger partial charge in [0.05, 0.1) is 18.2 Å². The Labute approximate surface area is 197 Å². The molecular formula is C26H27N3O3S. The zero-order valence-corrected chi connectivity index (χ0v) is 19.5. The Morgan fingerprint density at radius 3 is 2.42 bits per heavy atom. The Bertz CT molecular complexity index is 1120. The van der Waals surface area contributed by atoms with Gasteiger partial charge < -0.3 is 9.64 Å². The third-order valence-corrected chi connectivity index (χ3v) is 7.60. The number of cyclic esters (lactones) is 1. The van der Waals surface area contributed by atoms with Gasteiger partial charge in [0.1, 0.15) is 11.6 Å². The van der Waals surface area contributed by atoms with E-state index in [-0.39, 0.29) is 24.1 Å². The van der Waals surface area contributed by atoms with Crippen LogP contribution in [0.25, 0.3) is 10.6 Å². The highest BCUT2D eigenvalue weighted by molar-refractivity contribution is 7.15. The smallest absolute Gasteiger partial charge is 0.410 e. The van der Waals surface area contributed by atoms with Crippen molar-refractivity contribution in [2.75, 3.05) is 19.7 Å². The van der Waals surface area contributed by atoms with Crippen LogP contribution in [-0.2, 0) is 16.0 Å². The van der Waals surface area contributed by atoms with Crippen molar-refractivity contribution in [2.45, 2.75) is 38.3 Å². The number of carbonyl (C=O) groups excluding carboxylic acids is 2. The number of thiazole rings is 1. The zero-order valence-electron chi connectivity index (χ0n) is 18.6. The largest absolute Gasteiger partial charge is 0.447 e. The lowest BCUT2D eigenvalue weighted by atomic mass is 9.99. The third kappa shape index (κ3) is 4.50. The fraction of sp³-hybridized carbons (Fsp3) is 0.346. The van der Waals surface area contributed by atoms with Gasteiger partial charge in [-0.2, -0.15) is 0 Å². The number of likely N-dealkylation sites (tertiary alicyclic amines) is 1. The molecule has 7 heteroatoms. The second-order valence-electron chi connectivity index (χ2n) is 8.59. The van der Waals surface area contributed by atoms with E-state index in [1.54, 1.807) is 11.3 Å². The molecular weight excluding hydrogens is 434 g/mol. The number of amides is 2. The van der Waals surface area contributed by atoms with Gasteiger partial charge in [0.15, 0.2) is 0 Å². The average molecular weight is 462 g/mol. The number of hydrogen-bond donors (Lipinski definition) is 0. The standard InChI is InChI=1S/C26H27N3O3S/c1-18-22(27-25(33-18)20-10-6-3-7-11-20)16-24(30)28-14-12-21(13-15-28)29-23(17-32-26(29)31)19-8-4-2-5-9-19/h2-11,21,23H,12-17H2,1H3. The second kappa shape index (κ2) is 9.35. The number of aryl methyl sites for hydroxylation is 1. The van der Waals surface area contributed by atoms with Crippen molar-refractivity contribution < 1.29 is 14.3 Å². The minimum absolute atomic E-state index is 0.0555. The first-order valence-electron chi connectivity index (χ1n) is 11.4. The topological polar surface area (TPSA) is 62.7 Å². The highest BCUT2D eigenvalue weighted by atomic mass is 32.1. The molecule has 33 heavy (non-hydrogen) atoms. The first-order valence-corrected chi connectivity index (χ1v) is 12.2. The normalized spacial score (nSPS) is 19.1. The number of nitrogens with zero attached hydrogens (tertiary/aromatic N) is 3. The zero-order chi connectivity index (χ0) is 22.8. The van der Waals surface area contributed by atoms with E-state index in [2.05, 4.69) is 0 Å². The van der Waals surface area contributed by atoms with Crippen molar-refractivity contribution in [3.63, 3.8) is 0 Å². The summed E-state index contributed by atoms with van der Waals surface area (Å²) in [5.74, 6) is 0.102. The number of hydrogen-bond acceptors (Lipinski definition) is 5. The maximum Gasteiger partial charge on any atom is 0.410 e. The van der Waals surface area contributed by atoms with Crippen molar-refractivity contribution in [1.29, 1.82) is 0 Å². The molecule has 1 atom stereocenters. The van der Waals surface area contributed by atoms with Crippen LogP contribution in [-0.4, -0.2) is 52.5 Å². The van der Waals surface area contributed by atoms with Crippen LogP contribution in [0.15, 0.2) is 60.7 Å². The number of carbonyl (C=O) groups is 2. The Morgan fingerprint density at radius 1 is 1.06 bits per heavy atom. The highest BCUT2D eigenvalue weighted by Gasteiger charge is 2.40. The minimum Gasteiger partial charge on any atom is -0.447 e. The molecule has 6 nitrogen and oxygen atoms in total. The van der Waals surface area contributed by atoms with Crippen LogP contribution in [0, 0.1) is 6.92 Å². The lowest BCUT2D eigenvalue weighted by Crippen LogP contribution is -2.48. The minimum atomic E-state index is -0.250. The molecule has 0 bridgehead atoms. The number of rotatable bonds is 5. The van der Waals surface area contributed by atoms with Gasteiger partial charge in [-0.15, -0.1) is 11.3 Å². The molecule has 0 saturated carbocycles. The summed E-state index contributed by atoms with van der Waals surface area (Å²) in [7, 11) is 0. The van der Waals surface area contributed by atoms with Crippen LogP contribution < -0.4 is 0 Å². The fourth-order valence-corrected chi connectivity index (χ4v) is 5.65. The van der Waals surface area contributed by atoms with Gasteiger partial charge in [-0.1, -0.05) is 60.7 Å². The van der Waals surface area contributed by atoms with Crippen LogP contribution in [0.3, 0.4) is 0 Å². The summed E-state index contributed by atoms with van der Waals surface area (Å²) in [6.45, 7) is 3.70. The van der Waals surface area contributed by atoms with Gasteiger partial charge >= 0.3 is 6.09 Å². The van der Waals surface area contributed by atoms with Crippen LogP contribution in [0.4, 0.5) is 4.79 Å². The summed E-state index contributed by atoms with van der Waals surface area (Å²) in [5.41, 5.74) is 3.03. The number of piperidine rings is 1. The van der Waals surface area contributed by atoms with Crippen molar-refractivity contribution in [3.05, 3.63) is 76.8 Å². The lowest BCUT2D eigenvalue weighted by Gasteiger charge is -2.38. The first kappa shape index (κ1) is 21.6. The van der Waals surface area contributed by atoms with Crippen LogP contribution in [0.1, 0.15) is 35.0 Å². The second-order valence-corrected chi connectivity index (χ2v) is 9.79. The van der Waals surface area contributed by atoms with E-state index in [1.165, 1.54) is 0 Å². The van der Waals surface area contributed by atoms with Crippen molar-refractivity contribution in [2.24, 2.45) is 0 Å². The molecule has 2 aliphatic rings. The van der Waals surface area contributed by atoms with E-state index in [1.807, 2.05) is 77.4 Å². The number of ether oxygens (including phenoxy) is 1. The average Bonchev–Trinajstić information content (AvgIpc) is 3.42. The summed E-state index contributed by atoms with van der Waals surface area (Å²) in [6, 6.07) is 20.1. The predicted octanol–water partition coefficient (Wildman–Crippen LogP) is 4.85. The molecule has 1 unspecified atom stereocenters. The fourth-order valence-electron chi connectivity index (χ4n) is 4.71. The molecule has 2 aliphatic heterocycles. The highest BCUT2D eigenvalue weighted by Crippen LogP contribution is 2.33. The van der Waals surface area contributed by atoms with Gasteiger partial charge in [0.25, 0.3) is 0 Å². The Kier molecular flexibility index (Phi) is 6.13. The SMILES string of the molecule is Cc1sc(-c2ccccc2)nc1CC(=O)N1CCC(N2C(=O)OCC2c2ccccc2)CC1. The summed E-state index contributed by atoms with van der Waals surface area (Å²) in [5, 5.41) is 0.953. The molecule has 170 valence electrons. The quantitative estimate of drug-likeness (QED) is 0.545. The summed E-state index contributed by atoms with van der Waals surface area (Å²) >= 11 is 1.63. The maximum atomic E-state index is 13.0. The predicted molar refractivity (Wildman–Crippen MR) is 128 cm³/mol. The Morgan fingerprint density at radius 2 is 1.73 bits per heavy atom. The molecule has 2 saturated heterocycles. The molecule has 2 amide bonds. The first-order chi connectivity index (χ1) is 16.1. The molecule has 1 aromatic heterocycles. The van der Waals surface area contributed by atoms with E-state index >= 15 is 0 Å². The van der Waals surface area contributed by atoms with Gasteiger partial charge in [-0.05, 0) is 25.3 Å². The third-order valence-electron chi connectivity index (χ3n) is 6.54. The van der Waals surface area contributed by atoms with Crippen molar-refractivity contribution in [3.8, 4) is 10.6 Å². The van der Waals surface area contributed by atoms with Crippen LogP contribution in [0.5, 0.6) is 0 Å². The molecule has 0 aliphatic carbocycles. The van der Waals surface area contributed by atoms with Crippen molar-refractivity contribution >= 4 is 23.3 Å². The van der Waals surface area contributed by atoms with Crippen LogP contribution >= 0.6 is 11.3 Å². The molecule has 0 N–H and O–H groups in total. The van der Waals surface area contributed by atoms with Gasteiger partial charge in [0.2, 0.25) is 5.91 Å². The van der Waals surface area contributed by atoms with Crippen molar-refractivity contribution in [1.82, 2.24) is 14.8 Å². The van der Waals surface area contributed by atoms with Gasteiger partial charge in [-0.3, -0.25) is 9.69 Å². The lowest BCUT2D eigenvalue weighted by molar-refractivity contribution is -0.132. The van der Waals surface area contributed by atoms with Gasteiger partial charge in [-0.25, -0.2) is 9.78 Å². The summed E-state index contributed by atoms with van der Waals surface area (Å²) < 4.78 is 5.39. The molecule has 2 aromatic carbocycles. The van der Waals surface area contributed by atoms with E-state index in [4.69, 9.17) is 9.72 Å².